The van der Waals surface area contributed by atoms with Crippen molar-refractivity contribution in [3.05, 3.63) is 60.0 Å². The van der Waals surface area contributed by atoms with E-state index in [1.807, 2.05) is 24.3 Å². The van der Waals surface area contributed by atoms with E-state index in [0.717, 1.165) is 5.56 Å². The minimum atomic E-state index is -0.396. The molecule has 0 aliphatic heterocycles. The number of ether oxygens (including phenoxy) is 2. The molecule has 0 atom stereocenters. The van der Waals surface area contributed by atoms with Gasteiger partial charge in [-0.25, -0.2) is 4.79 Å². The first-order valence-electron chi connectivity index (χ1n) is 9.13. The van der Waals surface area contributed by atoms with E-state index >= 15 is 0 Å². The molecule has 0 unspecified atom stereocenters. The van der Waals surface area contributed by atoms with Crippen molar-refractivity contribution in [1.29, 1.82) is 0 Å². The van der Waals surface area contributed by atoms with Gasteiger partial charge in [-0.3, -0.25) is 4.79 Å². The zero-order valence-corrected chi connectivity index (χ0v) is 16.2. The molecule has 3 aromatic rings. The van der Waals surface area contributed by atoms with Crippen LogP contribution in [0, 0.1) is 0 Å². The number of nitrogens with one attached hydrogen (secondary N) is 1. The second-order valence-corrected chi connectivity index (χ2v) is 6.06. The summed E-state index contributed by atoms with van der Waals surface area (Å²) in [5.41, 5.74) is 1.74. The number of benzene rings is 2. The Kier molecular flexibility index (Phi) is 6.57. The molecule has 2 aromatic carbocycles. The SMILES string of the molecule is CCOC(=O)c1ccc(NC(=O)CCc2nc(-c3ccccc3OC)no2)cc1. The standard InChI is InChI=1S/C21H21N3O5/c1-3-28-21(26)14-8-10-15(11-9-14)22-18(25)12-13-19-23-20(24-29-19)16-6-4-5-7-17(16)27-2/h4-11H,3,12-13H2,1-2H3,(H,22,25). The topological polar surface area (TPSA) is 104 Å². The van der Waals surface area contributed by atoms with Crippen LogP contribution in [0.25, 0.3) is 11.4 Å². The monoisotopic (exact) mass is 395 g/mol. The summed E-state index contributed by atoms with van der Waals surface area (Å²) in [5, 5.41) is 6.72. The van der Waals surface area contributed by atoms with Crippen molar-refractivity contribution in [2.45, 2.75) is 19.8 Å². The summed E-state index contributed by atoms with van der Waals surface area (Å²) in [4.78, 5) is 28.1. The molecule has 1 amide bonds. The van der Waals surface area contributed by atoms with Crippen LogP contribution < -0.4 is 10.1 Å². The number of nitrogens with zero attached hydrogens (tertiary/aromatic N) is 2. The lowest BCUT2D eigenvalue weighted by molar-refractivity contribution is -0.116. The summed E-state index contributed by atoms with van der Waals surface area (Å²) in [7, 11) is 1.57. The molecular weight excluding hydrogens is 374 g/mol. The number of hydrogen-bond donors (Lipinski definition) is 1. The van der Waals surface area contributed by atoms with Gasteiger partial charge in [0.05, 0.1) is 24.8 Å². The number of esters is 1. The fourth-order valence-electron chi connectivity index (χ4n) is 2.64. The maximum absolute atomic E-state index is 12.2. The summed E-state index contributed by atoms with van der Waals surface area (Å²) >= 11 is 0. The van der Waals surface area contributed by atoms with Gasteiger partial charge < -0.3 is 19.3 Å². The number of aryl methyl sites for hydroxylation is 1. The zero-order chi connectivity index (χ0) is 20.6. The van der Waals surface area contributed by atoms with Gasteiger partial charge in [-0.1, -0.05) is 17.3 Å². The lowest BCUT2D eigenvalue weighted by Crippen LogP contribution is -2.12. The van der Waals surface area contributed by atoms with Gasteiger partial charge in [0.1, 0.15) is 5.75 Å². The largest absolute Gasteiger partial charge is 0.496 e. The summed E-state index contributed by atoms with van der Waals surface area (Å²) in [6.07, 6.45) is 0.474. The van der Waals surface area contributed by atoms with Crippen LogP contribution in [0.3, 0.4) is 0 Å². The number of aromatic nitrogens is 2. The van der Waals surface area contributed by atoms with E-state index < -0.39 is 5.97 Å². The van der Waals surface area contributed by atoms with E-state index in [1.165, 1.54) is 0 Å². The van der Waals surface area contributed by atoms with Crippen LogP contribution in [0.15, 0.2) is 53.1 Å². The minimum absolute atomic E-state index is 0.174. The fraction of sp³-hybridized carbons (Fsp3) is 0.238. The Hall–Kier alpha value is -3.68. The Balaban J connectivity index is 1.55. The molecule has 150 valence electrons. The Morgan fingerprint density at radius 2 is 1.86 bits per heavy atom. The number of methoxy groups -OCH3 is 1. The number of para-hydroxylation sites is 1. The molecule has 0 radical (unpaired) electrons. The predicted octanol–water partition coefficient (Wildman–Crippen LogP) is 3.49. The van der Waals surface area contributed by atoms with Gasteiger partial charge in [0, 0.05) is 18.5 Å². The molecule has 3 rings (SSSR count). The summed E-state index contributed by atoms with van der Waals surface area (Å²) in [5.74, 6) is 0.813. The minimum Gasteiger partial charge on any atom is -0.496 e. The van der Waals surface area contributed by atoms with Crippen LogP contribution in [0.2, 0.25) is 0 Å². The molecule has 8 heteroatoms. The highest BCUT2D eigenvalue weighted by atomic mass is 16.5. The van der Waals surface area contributed by atoms with E-state index in [0.29, 0.717) is 41.7 Å². The van der Waals surface area contributed by atoms with Gasteiger partial charge in [-0.15, -0.1) is 0 Å². The van der Waals surface area contributed by atoms with Gasteiger partial charge in [-0.05, 0) is 43.3 Å². The van der Waals surface area contributed by atoms with Crippen LogP contribution in [-0.4, -0.2) is 35.7 Å². The van der Waals surface area contributed by atoms with Gasteiger partial charge >= 0.3 is 5.97 Å². The molecule has 0 bridgehead atoms. The second kappa shape index (κ2) is 9.50. The van der Waals surface area contributed by atoms with Crippen molar-refractivity contribution in [2.24, 2.45) is 0 Å². The van der Waals surface area contributed by atoms with Crippen LogP contribution in [0.4, 0.5) is 5.69 Å². The Morgan fingerprint density at radius 1 is 1.10 bits per heavy atom. The normalized spacial score (nSPS) is 10.4. The van der Waals surface area contributed by atoms with Crippen LogP contribution in [0.5, 0.6) is 5.75 Å². The van der Waals surface area contributed by atoms with Crippen molar-refractivity contribution in [3.8, 4) is 17.1 Å². The number of rotatable bonds is 8. The molecule has 0 saturated heterocycles. The second-order valence-electron chi connectivity index (χ2n) is 6.06. The first kappa shape index (κ1) is 20.1. The smallest absolute Gasteiger partial charge is 0.338 e. The van der Waals surface area contributed by atoms with Crippen LogP contribution in [0.1, 0.15) is 29.6 Å². The Morgan fingerprint density at radius 3 is 2.59 bits per heavy atom. The molecule has 0 aliphatic rings. The Bertz CT molecular complexity index is 982. The van der Waals surface area contributed by atoms with E-state index in [2.05, 4.69) is 15.5 Å². The molecule has 1 N–H and O–H groups in total. The van der Waals surface area contributed by atoms with Gasteiger partial charge in [0.15, 0.2) is 0 Å². The molecule has 0 saturated carbocycles. The highest BCUT2D eigenvalue weighted by molar-refractivity contribution is 5.93. The summed E-state index contributed by atoms with van der Waals surface area (Å²) in [6, 6.07) is 13.9. The quantitative estimate of drug-likeness (QED) is 0.582. The average molecular weight is 395 g/mol. The third-order valence-corrected chi connectivity index (χ3v) is 4.06. The lowest BCUT2D eigenvalue weighted by Gasteiger charge is -2.06. The Labute approximate surface area is 167 Å². The zero-order valence-electron chi connectivity index (χ0n) is 16.2. The van der Waals surface area contributed by atoms with Gasteiger partial charge in [-0.2, -0.15) is 4.98 Å². The average Bonchev–Trinajstić information content (AvgIpc) is 3.22. The number of hydrogen-bond acceptors (Lipinski definition) is 7. The molecule has 1 aromatic heterocycles. The molecule has 0 fully saturated rings. The van der Waals surface area contributed by atoms with Crippen molar-refractivity contribution in [2.75, 3.05) is 19.0 Å². The number of amides is 1. The third kappa shape index (κ3) is 5.19. The lowest BCUT2D eigenvalue weighted by atomic mass is 10.2. The van der Waals surface area contributed by atoms with E-state index in [9.17, 15) is 9.59 Å². The highest BCUT2D eigenvalue weighted by Crippen LogP contribution is 2.27. The number of carbonyl (C=O) groups excluding carboxylic acids is 2. The van der Waals surface area contributed by atoms with Crippen molar-refractivity contribution in [1.82, 2.24) is 10.1 Å². The summed E-state index contributed by atoms with van der Waals surface area (Å²) < 4.78 is 15.5. The van der Waals surface area contributed by atoms with E-state index in [-0.39, 0.29) is 12.3 Å². The number of carbonyl (C=O) groups is 2. The highest BCUT2D eigenvalue weighted by Gasteiger charge is 2.14. The van der Waals surface area contributed by atoms with Crippen molar-refractivity contribution in [3.63, 3.8) is 0 Å². The van der Waals surface area contributed by atoms with Gasteiger partial charge in [0.2, 0.25) is 17.6 Å². The van der Waals surface area contributed by atoms with Crippen LogP contribution in [-0.2, 0) is 16.0 Å². The van der Waals surface area contributed by atoms with Crippen molar-refractivity contribution >= 4 is 17.6 Å². The first-order chi connectivity index (χ1) is 14.1. The maximum atomic E-state index is 12.2. The molecule has 0 aliphatic carbocycles. The molecule has 0 spiro atoms. The number of anilines is 1. The molecule has 29 heavy (non-hydrogen) atoms. The van der Waals surface area contributed by atoms with E-state index in [1.54, 1.807) is 38.3 Å². The fourth-order valence-corrected chi connectivity index (χ4v) is 2.64. The van der Waals surface area contributed by atoms with Crippen molar-refractivity contribution < 1.29 is 23.6 Å². The first-order valence-corrected chi connectivity index (χ1v) is 9.13. The van der Waals surface area contributed by atoms with Gasteiger partial charge in [0.25, 0.3) is 0 Å². The molecule has 1 heterocycles. The van der Waals surface area contributed by atoms with E-state index in [4.69, 9.17) is 14.0 Å². The summed E-state index contributed by atoms with van der Waals surface area (Å²) in [6.45, 7) is 2.06. The molecule has 8 nitrogen and oxygen atoms in total. The third-order valence-electron chi connectivity index (χ3n) is 4.06. The van der Waals surface area contributed by atoms with Crippen LogP contribution >= 0.6 is 0 Å². The molecular formula is C21H21N3O5. The predicted molar refractivity (Wildman–Crippen MR) is 106 cm³/mol. The maximum Gasteiger partial charge on any atom is 0.338 e.